The summed E-state index contributed by atoms with van der Waals surface area (Å²) >= 11 is 0. The topological polar surface area (TPSA) is 108 Å². The first kappa shape index (κ1) is 14.5. The van der Waals surface area contributed by atoms with Crippen LogP contribution in [0.2, 0.25) is 0 Å². The quantitative estimate of drug-likeness (QED) is 0.834. The molecule has 21 heavy (non-hydrogen) atoms. The van der Waals surface area contributed by atoms with Crippen molar-refractivity contribution in [2.75, 3.05) is 0 Å². The molecule has 0 unspecified atom stereocenters. The maximum Gasteiger partial charge on any atom is 0.205 e. The van der Waals surface area contributed by atoms with E-state index in [0.29, 0.717) is 5.82 Å². The van der Waals surface area contributed by atoms with Crippen molar-refractivity contribution in [2.45, 2.75) is 20.4 Å². The molecule has 1 N–H and O–H groups in total. The molecule has 0 amide bonds. The first-order chi connectivity index (χ1) is 10.0. The van der Waals surface area contributed by atoms with E-state index in [9.17, 15) is 4.79 Å². The summed E-state index contributed by atoms with van der Waals surface area (Å²) < 4.78 is 0. The summed E-state index contributed by atoms with van der Waals surface area (Å²) in [5.41, 5.74) is 1.87. The minimum atomic E-state index is -1.06. The number of hydrogen-bond donors (Lipinski definition) is 1. The fourth-order valence-electron chi connectivity index (χ4n) is 1.88. The van der Waals surface area contributed by atoms with Gasteiger partial charge in [-0.1, -0.05) is 24.3 Å². The number of benzene rings is 1. The highest BCUT2D eigenvalue weighted by atomic mass is 16.1. The summed E-state index contributed by atoms with van der Waals surface area (Å²) in [7, 11) is 0. The van der Waals surface area contributed by atoms with Crippen molar-refractivity contribution in [1.82, 2.24) is 20.2 Å². The highest BCUT2D eigenvalue weighted by Gasteiger charge is 2.21. The first-order valence-corrected chi connectivity index (χ1v) is 6.34. The number of nitriles is 1. The largest absolute Gasteiger partial charge is 0.308 e. The first-order valence-electron chi connectivity index (χ1n) is 6.34. The summed E-state index contributed by atoms with van der Waals surface area (Å²) in [6.07, 6.45) is 0. The summed E-state index contributed by atoms with van der Waals surface area (Å²) in [6.45, 7) is 3.19. The third-order valence-corrected chi connectivity index (χ3v) is 3.02. The SMILES string of the molecule is CC(=N)[C@@H](C#N)C(=O)Cn1nnc(-c2ccccc2C)n1. The number of tetrazole rings is 1. The average Bonchev–Trinajstić information content (AvgIpc) is 2.87. The van der Waals surface area contributed by atoms with Gasteiger partial charge in [0.25, 0.3) is 0 Å². The van der Waals surface area contributed by atoms with Gasteiger partial charge >= 0.3 is 0 Å². The fourth-order valence-corrected chi connectivity index (χ4v) is 1.88. The van der Waals surface area contributed by atoms with Crippen molar-refractivity contribution in [1.29, 1.82) is 10.7 Å². The molecule has 0 saturated carbocycles. The van der Waals surface area contributed by atoms with Crippen LogP contribution in [-0.2, 0) is 11.3 Å². The Morgan fingerprint density at radius 1 is 1.48 bits per heavy atom. The smallest absolute Gasteiger partial charge is 0.205 e. The van der Waals surface area contributed by atoms with Crippen molar-refractivity contribution >= 4 is 11.5 Å². The van der Waals surface area contributed by atoms with Crippen LogP contribution < -0.4 is 0 Å². The van der Waals surface area contributed by atoms with Gasteiger partial charge in [0, 0.05) is 11.3 Å². The zero-order valence-electron chi connectivity index (χ0n) is 11.7. The molecule has 0 saturated heterocycles. The lowest BCUT2D eigenvalue weighted by Crippen LogP contribution is -2.25. The van der Waals surface area contributed by atoms with Crippen molar-refractivity contribution < 1.29 is 4.79 Å². The lowest BCUT2D eigenvalue weighted by molar-refractivity contribution is -0.120. The van der Waals surface area contributed by atoms with Crippen LogP contribution in [-0.4, -0.2) is 31.7 Å². The molecule has 106 valence electrons. The van der Waals surface area contributed by atoms with E-state index in [1.165, 1.54) is 6.92 Å². The van der Waals surface area contributed by atoms with E-state index in [1.54, 1.807) is 6.07 Å². The van der Waals surface area contributed by atoms with Crippen LogP contribution in [0.3, 0.4) is 0 Å². The number of Topliss-reactive ketones (excluding diaryl/α,β-unsaturated/α-hetero) is 1. The molecule has 0 spiro atoms. The standard InChI is InChI=1S/C14H14N6O/c1-9-5-3-4-6-11(9)14-17-19-20(18-14)8-13(21)12(7-15)10(2)16/h3-6,12,16H,8H2,1-2H3/t12-/m1/s1. The molecule has 0 fully saturated rings. The van der Waals surface area contributed by atoms with E-state index >= 15 is 0 Å². The lowest BCUT2D eigenvalue weighted by Gasteiger charge is -2.04. The number of aromatic nitrogens is 4. The lowest BCUT2D eigenvalue weighted by atomic mass is 10.0. The normalized spacial score (nSPS) is 11.7. The Hall–Kier alpha value is -2.88. The number of nitrogens with one attached hydrogen (secondary N) is 1. The highest BCUT2D eigenvalue weighted by molar-refractivity contribution is 6.04. The molecule has 7 heteroatoms. The average molecular weight is 282 g/mol. The van der Waals surface area contributed by atoms with Gasteiger partial charge in [-0.05, 0) is 24.6 Å². The van der Waals surface area contributed by atoms with Crippen molar-refractivity contribution in [2.24, 2.45) is 5.92 Å². The second-order valence-corrected chi connectivity index (χ2v) is 4.67. The zero-order valence-corrected chi connectivity index (χ0v) is 11.7. The van der Waals surface area contributed by atoms with E-state index in [-0.39, 0.29) is 12.3 Å². The monoisotopic (exact) mass is 282 g/mol. The third kappa shape index (κ3) is 3.17. The third-order valence-electron chi connectivity index (χ3n) is 3.02. The van der Waals surface area contributed by atoms with Gasteiger partial charge in [0.05, 0.1) is 6.07 Å². The molecule has 0 aliphatic heterocycles. The maximum absolute atomic E-state index is 11.9. The van der Waals surface area contributed by atoms with Crippen molar-refractivity contribution in [3.8, 4) is 17.5 Å². The molecular formula is C14H14N6O. The van der Waals surface area contributed by atoms with Crippen LogP contribution in [0, 0.1) is 29.6 Å². The predicted molar refractivity (Wildman–Crippen MR) is 75.5 cm³/mol. The number of hydrogen-bond acceptors (Lipinski definition) is 6. The van der Waals surface area contributed by atoms with Gasteiger partial charge < -0.3 is 5.41 Å². The van der Waals surface area contributed by atoms with Crippen molar-refractivity contribution in [3.63, 3.8) is 0 Å². The van der Waals surface area contributed by atoms with Crippen LogP contribution in [0.5, 0.6) is 0 Å². The van der Waals surface area contributed by atoms with E-state index < -0.39 is 11.7 Å². The van der Waals surface area contributed by atoms with Gasteiger partial charge in [-0.3, -0.25) is 4.79 Å². The van der Waals surface area contributed by atoms with Crippen LogP contribution in [0.1, 0.15) is 12.5 Å². The second kappa shape index (κ2) is 6.05. The molecule has 0 aliphatic carbocycles. The molecule has 1 aromatic heterocycles. The molecule has 1 heterocycles. The zero-order chi connectivity index (χ0) is 15.4. The number of nitrogens with zero attached hydrogens (tertiary/aromatic N) is 5. The summed E-state index contributed by atoms with van der Waals surface area (Å²) in [5.74, 6) is -1.04. The predicted octanol–water partition coefficient (Wildman–Crippen LogP) is 1.40. The van der Waals surface area contributed by atoms with Gasteiger partial charge in [-0.25, -0.2) is 0 Å². The molecule has 0 bridgehead atoms. The van der Waals surface area contributed by atoms with E-state index in [4.69, 9.17) is 10.7 Å². The summed E-state index contributed by atoms with van der Waals surface area (Å²) in [4.78, 5) is 13.1. The van der Waals surface area contributed by atoms with Gasteiger partial charge in [-0.2, -0.15) is 10.1 Å². The number of rotatable bonds is 5. The highest BCUT2D eigenvalue weighted by Crippen LogP contribution is 2.17. The number of aryl methyl sites for hydroxylation is 1. The Morgan fingerprint density at radius 2 is 2.19 bits per heavy atom. The van der Waals surface area contributed by atoms with Gasteiger partial charge in [0.15, 0.2) is 5.78 Å². The van der Waals surface area contributed by atoms with Crippen LogP contribution in [0.15, 0.2) is 24.3 Å². The Balaban J connectivity index is 2.18. The van der Waals surface area contributed by atoms with Crippen LogP contribution in [0.25, 0.3) is 11.4 Å². The van der Waals surface area contributed by atoms with Crippen LogP contribution >= 0.6 is 0 Å². The second-order valence-electron chi connectivity index (χ2n) is 4.67. The van der Waals surface area contributed by atoms with Crippen LogP contribution in [0.4, 0.5) is 0 Å². The molecule has 2 rings (SSSR count). The maximum atomic E-state index is 11.9. The van der Waals surface area contributed by atoms with E-state index in [0.717, 1.165) is 15.9 Å². The molecule has 1 atom stereocenters. The Labute approximate surface area is 121 Å². The molecular weight excluding hydrogens is 268 g/mol. The minimum absolute atomic E-state index is 0.0155. The van der Waals surface area contributed by atoms with E-state index in [2.05, 4.69) is 15.4 Å². The molecule has 1 aromatic carbocycles. The molecule has 7 nitrogen and oxygen atoms in total. The Bertz CT molecular complexity index is 727. The number of carbonyl (C=O) groups is 1. The minimum Gasteiger partial charge on any atom is -0.308 e. The number of ketones is 1. The van der Waals surface area contributed by atoms with E-state index in [1.807, 2.05) is 31.2 Å². The Kier molecular flexibility index (Phi) is 4.18. The summed E-state index contributed by atoms with van der Waals surface area (Å²) in [5, 5.41) is 28.2. The fraction of sp³-hybridized carbons (Fsp3) is 0.286. The van der Waals surface area contributed by atoms with Crippen molar-refractivity contribution in [3.05, 3.63) is 29.8 Å². The van der Waals surface area contributed by atoms with Gasteiger partial charge in [0.1, 0.15) is 12.5 Å². The Morgan fingerprint density at radius 3 is 2.81 bits per heavy atom. The van der Waals surface area contributed by atoms with Gasteiger partial charge in [-0.15, -0.1) is 10.2 Å². The summed E-state index contributed by atoms with van der Waals surface area (Å²) in [6, 6.07) is 9.40. The molecule has 0 radical (unpaired) electrons. The molecule has 0 aliphatic rings. The van der Waals surface area contributed by atoms with Gasteiger partial charge in [0.2, 0.25) is 5.82 Å². The number of carbonyl (C=O) groups excluding carboxylic acids is 1. The molecule has 2 aromatic rings.